The average Bonchev–Trinajstić information content (AvgIpc) is 2.22. The van der Waals surface area contributed by atoms with Crippen molar-refractivity contribution in [3.8, 4) is 0 Å². The van der Waals surface area contributed by atoms with Crippen molar-refractivity contribution in [2.45, 2.75) is 25.8 Å². The van der Waals surface area contributed by atoms with Crippen molar-refractivity contribution in [1.82, 2.24) is 10.3 Å². The Kier molecular flexibility index (Phi) is 2.85. The molecule has 0 aromatic carbocycles. The third kappa shape index (κ3) is 2.68. The number of piperidine rings is 1. The molecule has 1 saturated heterocycles. The number of pyridine rings is 1. The number of hydrogen-bond donors (Lipinski definition) is 2. The molecule has 0 spiro atoms. The monoisotopic (exact) mass is 205 g/mol. The number of nitrogens with one attached hydrogen (secondary N) is 2. The summed E-state index contributed by atoms with van der Waals surface area (Å²) in [7, 11) is 0. The summed E-state index contributed by atoms with van der Waals surface area (Å²) in [6.07, 6.45) is 3.27. The van der Waals surface area contributed by atoms with Crippen molar-refractivity contribution in [3.05, 3.63) is 23.9 Å². The normalized spacial score (nSPS) is 20.9. The van der Waals surface area contributed by atoms with Crippen molar-refractivity contribution in [3.63, 3.8) is 0 Å². The fourth-order valence-corrected chi connectivity index (χ4v) is 1.68. The van der Waals surface area contributed by atoms with Crippen LogP contribution in [0, 0.1) is 6.92 Å². The van der Waals surface area contributed by atoms with Gasteiger partial charge in [0, 0.05) is 25.2 Å². The Hall–Kier alpha value is -1.58. The van der Waals surface area contributed by atoms with Gasteiger partial charge < -0.3 is 10.6 Å². The van der Waals surface area contributed by atoms with Crippen LogP contribution in [0.25, 0.3) is 0 Å². The van der Waals surface area contributed by atoms with E-state index in [1.54, 1.807) is 6.20 Å². The molecule has 1 aliphatic heterocycles. The fourth-order valence-electron chi connectivity index (χ4n) is 1.68. The molecule has 1 aromatic heterocycles. The lowest BCUT2D eigenvalue weighted by Gasteiger charge is -2.23. The molecular weight excluding hydrogens is 190 g/mol. The van der Waals surface area contributed by atoms with E-state index < -0.39 is 0 Å². The van der Waals surface area contributed by atoms with Crippen LogP contribution in [0.2, 0.25) is 0 Å². The van der Waals surface area contributed by atoms with E-state index in [0.717, 1.165) is 12.2 Å². The van der Waals surface area contributed by atoms with E-state index in [9.17, 15) is 4.79 Å². The Balaban J connectivity index is 1.94. The lowest BCUT2D eigenvalue weighted by Crippen LogP contribution is -2.42. The molecule has 0 bridgehead atoms. The van der Waals surface area contributed by atoms with Crippen LogP contribution >= 0.6 is 0 Å². The molecule has 4 heteroatoms. The molecule has 2 N–H and O–H groups in total. The minimum absolute atomic E-state index is 0.144. The van der Waals surface area contributed by atoms with Crippen LogP contribution in [0.5, 0.6) is 0 Å². The van der Waals surface area contributed by atoms with Crippen LogP contribution in [-0.4, -0.2) is 23.5 Å². The van der Waals surface area contributed by atoms with E-state index >= 15 is 0 Å². The summed E-state index contributed by atoms with van der Waals surface area (Å²) in [5.74, 6) is 1.03. The Morgan fingerprint density at radius 2 is 2.47 bits per heavy atom. The predicted molar refractivity (Wildman–Crippen MR) is 58.6 cm³/mol. The van der Waals surface area contributed by atoms with Crippen LogP contribution in [0.15, 0.2) is 18.3 Å². The largest absolute Gasteiger partial charge is 0.366 e. The molecule has 1 unspecified atom stereocenters. The van der Waals surface area contributed by atoms with Gasteiger partial charge in [-0.15, -0.1) is 0 Å². The second-order valence-corrected chi connectivity index (χ2v) is 3.90. The zero-order valence-electron chi connectivity index (χ0n) is 8.79. The van der Waals surface area contributed by atoms with E-state index in [1.165, 1.54) is 5.56 Å². The molecule has 1 aromatic rings. The smallest absolute Gasteiger partial charge is 0.220 e. The minimum Gasteiger partial charge on any atom is -0.366 e. The summed E-state index contributed by atoms with van der Waals surface area (Å²) < 4.78 is 0. The molecule has 0 saturated carbocycles. The fraction of sp³-hybridized carbons (Fsp3) is 0.455. The van der Waals surface area contributed by atoms with E-state index in [2.05, 4.69) is 15.6 Å². The number of carbonyl (C=O) groups is 1. The van der Waals surface area contributed by atoms with Gasteiger partial charge in [0.25, 0.3) is 0 Å². The standard InChI is InChI=1S/C11H15N3O/c1-8-4-5-12-10(6-8)14-9-2-3-11(15)13-7-9/h4-6,9H,2-3,7H2,1H3,(H,12,14)(H,13,15). The third-order valence-corrected chi connectivity index (χ3v) is 2.53. The second kappa shape index (κ2) is 4.29. The Morgan fingerprint density at radius 3 is 3.13 bits per heavy atom. The van der Waals surface area contributed by atoms with Crippen molar-refractivity contribution in [1.29, 1.82) is 0 Å². The summed E-state index contributed by atoms with van der Waals surface area (Å²) in [4.78, 5) is 15.2. The van der Waals surface area contributed by atoms with Crippen LogP contribution in [0.1, 0.15) is 18.4 Å². The molecular formula is C11H15N3O. The molecule has 15 heavy (non-hydrogen) atoms. The van der Waals surface area contributed by atoms with E-state index in [4.69, 9.17) is 0 Å². The zero-order chi connectivity index (χ0) is 10.7. The van der Waals surface area contributed by atoms with Crippen LogP contribution < -0.4 is 10.6 Å². The van der Waals surface area contributed by atoms with Crippen LogP contribution in [-0.2, 0) is 4.79 Å². The maximum Gasteiger partial charge on any atom is 0.220 e. The number of rotatable bonds is 2. The third-order valence-electron chi connectivity index (χ3n) is 2.53. The van der Waals surface area contributed by atoms with Crippen molar-refractivity contribution in [2.24, 2.45) is 0 Å². The highest BCUT2D eigenvalue weighted by Crippen LogP contribution is 2.11. The highest BCUT2D eigenvalue weighted by Gasteiger charge is 2.17. The topological polar surface area (TPSA) is 54.0 Å². The molecule has 2 heterocycles. The quantitative estimate of drug-likeness (QED) is 0.759. The molecule has 2 rings (SSSR count). The summed E-state index contributed by atoms with van der Waals surface area (Å²) in [6, 6.07) is 4.28. The van der Waals surface area contributed by atoms with Gasteiger partial charge in [0.1, 0.15) is 5.82 Å². The summed E-state index contributed by atoms with van der Waals surface area (Å²) in [6.45, 7) is 2.73. The molecule has 1 atom stereocenters. The van der Waals surface area contributed by atoms with Crippen LogP contribution in [0.4, 0.5) is 5.82 Å². The van der Waals surface area contributed by atoms with Gasteiger partial charge in [-0.1, -0.05) is 0 Å². The minimum atomic E-state index is 0.144. The predicted octanol–water partition coefficient (Wildman–Crippen LogP) is 1.08. The first-order valence-electron chi connectivity index (χ1n) is 5.20. The lowest BCUT2D eigenvalue weighted by molar-refractivity contribution is -0.122. The number of nitrogens with zero attached hydrogens (tertiary/aromatic N) is 1. The summed E-state index contributed by atoms with van der Waals surface area (Å²) >= 11 is 0. The van der Waals surface area contributed by atoms with Gasteiger partial charge in [-0.3, -0.25) is 4.79 Å². The molecule has 1 amide bonds. The van der Waals surface area contributed by atoms with Crippen molar-refractivity contribution >= 4 is 11.7 Å². The van der Waals surface area contributed by atoms with Gasteiger partial charge >= 0.3 is 0 Å². The first kappa shape index (κ1) is 9.96. The van der Waals surface area contributed by atoms with E-state index in [-0.39, 0.29) is 5.91 Å². The first-order valence-corrected chi connectivity index (χ1v) is 5.20. The molecule has 1 aliphatic rings. The number of anilines is 1. The van der Waals surface area contributed by atoms with Crippen molar-refractivity contribution in [2.75, 3.05) is 11.9 Å². The maximum absolute atomic E-state index is 11.0. The molecule has 1 fully saturated rings. The SMILES string of the molecule is Cc1ccnc(NC2CCC(=O)NC2)c1. The maximum atomic E-state index is 11.0. The lowest BCUT2D eigenvalue weighted by atomic mass is 10.1. The van der Waals surface area contributed by atoms with Crippen LogP contribution in [0.3, 0.4) is 0 Å². The zero-order valence-corrected chi connectivity index (χ0v) is 8.79. The summed E-state index contributed by atoms with van der Waals surface area (Å²) in [5.41, 5.74) is 1.19. The average molecular weight is 205 g/mol. The number of amides is 1. The highest BCUT2D eigenvalue weighted by molar-refractivity contribution is 5.76. The van der Waals surface area contributed by atoms with Gasteiger partial charge in [0.15, 0.2) is 0 Å². The van der Waals surface area contributed by atoms with E-state index in [1.807, 2.05) is 19.1 Å². The number of carbonyl (C=O) groups excluding carboxylic acids is 1. The summed E-state index contributed by atoms with van der Waals surface area (Å²) in [5, 5.41) is 6.15. The Morgan fingerprint density at radius 1 is 1.60 bits per heavy atom. The van der Waals surface area contributed by atoms with Gasteiger partial charge in [0.05, 0.1) is 0 Å². The Bertz CT molecular complexity index is 355. The molecule has 0 radical (unpaired) electrons. The highest BCUT2D eigenvalue weighted by atomic mass is 16.1. The first-order chi connectivity index (χ1) is 7.24. The van der Waals surface area contributed by atoms with Gasteiger partial charge in [-0.2, -0.15) is 0 Å². The van der Waals surface area contributed by atoms with Gasteiger partial charge in [-0.05, 0) is 31.0 Å². The van der Waals surface area contributed by atoms with Crippen molar-refractivity contribution < 1.29 is 4.79 Å². The van der Waals surface area contributed by atoms with Gasteiger partial charge in [0.2, 0.25) is 5.91 Å². The number of aryl methyl sites for hydroxylation is 1. The van der Waals surface area contributed by atoms with E-state index in [0.29, 0.717) is 19.0 Å². The molecule has 80 valence electrons. The number of hydrogen-bond acceptors (Lipinski definition) is 3. The second-order valence-electron chi connectivity index (χ2n) is 3.90. The van der Waals surface area contributed by atoms with Gasteiger partial charge in [-0.25, -0.2) is 4.98 Å². The Labute approximate surface area is 89.1 Å². The number of aromatic nitrogens is 1. The molecule has 0 aliphatic carbocycles. The molecule has 4 nitrogen and oxygen atoms in total.